The molecule has 0 amide bonds. The highest BCUT2D eigenvalue weighted by Gasteiger charge is 2.02. The van der Waals surface area contributed by atoms with Gasteiger partial charge in [0.25, 0.3) is 0 Å². The fourth-order valence-corrected chi connectivity index (χ4v) is 2.92. The monoisotopic (exact) mass is 345 g/mol. The molecule has 0 aliphatic rings. The predicted octanol–water partition coefficient (Wildman–Crippen LogP) is 5.64. The Morgan fingerprint density at radius 3 is 2.35 bits per heavy atom. The summed E-state index contributed by atoms with van der Waals surface area (Å²) in [7, 11) is 4.10. The van der Waals surface area contributed by atoms with Gasteiger partial charge in [-0.25, -0.2) is 0 Å². The summed E-state index contributed by atoms with van der Waals surface area (Å²) in [6.07, 6.45) is 7.61. The molecule has 0 unspecified atom stereocenters. The molecule has 0 radical (unpaired) electrons. The van der Waals surface area contributed by atoms with Crippen molar-refractivity contribution in [3.8, 4) is 5.69 Å². The maximum atomic E-state index is 4.65. The molecule has 0 aliphatic carbocycles. The van der Waals surface area contributed by atoms with Gasteiger partial charge in [-0.3, -0.25) is 4.99 Å². The molecule has 0 atom stereocenters. The molecule has 0 fully saturated rings. The van der Waals surface area contributed by atoms with Crippen LogP contribution in [-0.4, -0.2) is 24.9 Å². The van der Waals surface area contributed by atoms with Crippen LogP contribution in [0.25, 0.3) is 5.69 Å². The third-order valence-corrected chi connectivity index (χ3v) is 4.53. The van der Waals surface area contributed by atoms with E-state index < -0.39 is 0 Å². The van der Waals surface area contributed by atoms with E-state index in [1.807, 2.05) is 6.21 Å². The van der Waals surface area contributed by atoms with Gasteiger partial charge in [0, 0.05) is 31.7 Å². The van der Waals surface area contributed by atoms with Crippen LogP contribution in [0.5, 0.6) is 0 Å². The van der Waals surface area contributed by atoms with Crippen LogP contribution < -0.4 is 4.90 Å². The van der Waals surface area contributed by atoms with Gasteiger partial charge in [0.2, 0.25) is 0 Å². The second kappa shape index (κ2) is 8.52. The van der Waals surface area contributed by atoms with Crippen molar-refractivity contribution in [2.75, 3.05) is 19.0 Å². The van der Waals surface area contributed by atoms with E-state index in [1.165, 1.54) is 24.1 Å². The van der Waals surface area contributed by atoms with E-state index in [9.17, 15) is 0 Å². The maximum Gasteiger partial charge on any atom is 0.0639 e. The van der Waals surface area contributed by atoms with Gasteiger partial charge in [-0.05, 0) is 66.9 Å². The van der Waals surface area contributed by atoms with Crippen LogP contribution in [-0.2, 0) is 6.42 Å². The number of hydrogen-bond donors (Lipinski definition) is 0. The van der Waals surface area contributed by atoms with E-state index in [-0.39, 0.29) is 0 Å². The summed E-state index contributed by atoms with van der Waals surface area (Å²) in [5.41, 5.74) is 5.77. The zero-order valence-electron chi connectivity index (χ0n) is 15.9. The smallest absolute Gasteiger partial charge is 0.0639 e. The number of anilines is 1. The van der Waals surface area contributed by atoms with E-state index in [0.717, 1.165) is 23.5 Å². The number of nitrogens with zero attached hydrogens (tertiary/aromatic N) is 3. The number of aryl methyl sites for hydroxylation is 1. The van der Waals surface area contributed by atoms with Gasteiger partial charge in [0.1, 0.15) is 0 Å². The molecule has 134 valence electrons. The minimum absolute atomic E-state index is 0.987. The quantitative estimate of drug-likeness (QED) is 0.508. The average Bonchev–Trinajstić information content (AvgIpc) is 3.14. The summed E-state index contributed by atoms with van der Waals surface area (Å²) >= 11 is 0. The molecule has 0 bridgehead atoms. The minimum Gasteiger partial charge on any atom is -0.378 e. The molecule has 0 N–H and O–H groups in total. The molecule has 3 aromatic rings. The number of unbranched alkanes of at least 4 members (excludes halogenated alkanes) is 1. The molecule has 3 rings (SSSR count). The normalized spacial score (nSPS) is 11.2. The number of hydrogen-bond acceptors (Lipinski definition) is 2. The zero-order chi connectivity index (χ0) is 18.4. The van der Waals surface area contributed by atoms with Crippen molar-refractivity contribution >= 4 is 17.6 Å². The van der Waals surface area contributed by atoms with Crippen LogP contribution in [0.4, 0.5) is 11.4 Å². The molecule has 2 aromatic carbocycles. The van der Waals surface area contributed by atoms with E-state index in [2.05, 4.69) is 102 Å². The van der Waals surface area contributed by atoms with Crippen molar-refractivity contribution in [1.29, 1.82) is 0 Å². The Morgan fingerprint density at radius 1 is 0.962 bits per heavy atom. The summed E-state index contributed by atoms with van der Waals surface area (Å²) in [6, 6.07) is 21.2. The molecular weight excluding hydrogens is 318 g/mol. The lowest BCUT2D eigenvalue weighted by Gasteiger charge is -2.13. The summed E-state index contributed by atoms with van der Waals surface area (Å²) in [4.78, 5) is 6.75. The molecule has 3 heteroatoms. The first-order valence-corrected chi connectivity index (χ1v) is 9.25. The molecule has 0 saturated carbocycles. The van der Waals surface area contributed by atoms with Crippen molar-refractivity contribution in [3.05, 3.63) is 78.1 Å². The fourth-order valence-electron chi connectivity index (χ4n) is 2.92. The lowest BCUT2D eigenvalue weighted by Crippen LogP contribution is -2.08. The topological polar surface area (TPSA) is 20.5 Å². The second-order valence-corrected chi connectivity index (χ2v) is 6.74. The number of aromatic nitrogens is 1. The first-order valence-electron chi connectivity index (χ1n) is 9.25. The fraction of sp³-hybridized carbons (Fsp3) is 0.261. The highest BCUT2D eigenvalue weighted by Crippen LogP contribution is 2.18. The summed E-state index contributed by atoms with van der Waals surface area (Å²) in [5, 5.41) is 0. The summed E-state index contributed by atoms with van der Waals surface area (Å²) in [6.45, 7) is 2.22. The number of aliphatic imine (C=N–C) groups is 1. The second-order valence-electron chi connectivity index (χ2n) is 6.74. The summed E-state index contributed by atoms with van der Waals surface area (Å²) < 4.78 is 2.15. The van der Waals surface area contributed by atoms with Gasteiger partial charge in [-0.1, -0.05) is 25.5 Å². The first-order chi connectivity index (χ1) is 12.7. The van der Waals surface area contributed by atoms with Crippen molar-refractivity contribution in [3.63, 3.8) is 0 Å². The van der Waals surface area contributed by atoms with E-state index in [1.54, 1.807) is 0 Å². The van der Waals surface area contributed by atoms with Gasteiger partial charge < -0.3 is 9.47 Å². The molecular formula is C23H27N3. The molecule has 0 saturated heterocycles. The third kappa shape index (κ3) is 4.42. The van der Waals surface area contributed by atoms with Gasteiger partial charge >= 0.3 is 0 Å². The minimum atomic E-state index is 0.987. The van der Waals surface area contributed by atoms with Crippen molar-refractivity contribution < 1.29 is 0 Å². The molecule has 0 spiro atoms. The zero-order valence-corrected chi connectivity index (χ0v) is 15.9. The average molecular weight is 345 g/mol. The lowest BCUT2D eigenvalue weighted by molar-refractivity contribution is 0.795. The van der Waals surface area contributed by atoms with E-state index in [0.29, 0.717) is 0 Å². The van der Waals surface area contributed by atoms with Gasteiger partial charge in [-0.2, -0.15) is 0 Å². The highest BCUT2D eigenvalue weighted by molar-refractivity contribution is 5.81. The van der Waals surface area contributed by atoms with Crippen molar-refractivity contribution in [2.24, 2.45) is 4.99 Å². The third-order valence-electron chi connectivity index (χ3n) is 4.53. The molecule has 0 aliphatic heterocycles. The van der Waals surface area contributed by atoms with Crippen LogP contribution in [0.2, 0.25) is 0 Å². The Balaban J connectivity index is 1.75. The molecule has 1 aromatic heterocycles. The Hall–Kier alpha value is -2.81. The van der Waals surface area contributed by atoms with Gasteiger partial charge in [0.15, 0.2) is 0 Å². The van der Waals surface area contributed by atoms with Crippen LogP contribution in [0.3, 0.4) is 0 Å². The predicted molar refractivity (Wildman–Crippen MR) is 112 cm³/mol. The first kappa shape index (κ1) is 18.0. The van der Waals surface area contributed by atoms with Crippen LogP contribution >= 0.6 is 0 Å². The molecule has 3 nitrogen and oxygen atoms in total. The van der Waals surface area contributed by atoms with E-state index in [4.69, 9.17) is 0 Å². The highest BCUT2D eigenvalue weighted by atomic mass is 15.1. The molecule has 1 heterocycles. The Bertz CT molecular complexity index is 840. The van der Waals surface area contributed by atoms with Crippen molar-refractivity contribution in [1.82, 2.24) is 4.57 Å². The van der Waals surface area contributed by atoms with Crippen molar-refractivity contribution in [2.45, 2.75) is 26.2 Å². The molecule has 26 heavy (non-hydrogen) atoms. The maximum absolute atomic E-state index is 4.65. The summed E-state index contributed by atoms with van der Waals surface area (Å²) in [5.74, 6) is 0. The van der Waals surface area contributed by atoms with Crippen LogP contribution in [0, 0.1) is 0 Å². The lowest BCUT2D eigenvalue weighted by atomic mass is 10.1. The number of benzene rings is 2. The van der Waals surface area contributed by atoms with Gasteiger partial charge in [-0.15, -0.1) is 0 Å². The SMILES string of the molecule is CCCCc1ccc(N=Cc2cccn2-c2ccc(N(C)C)cc2)cc1. The largest absolute Gasteiger partial charge is 0.378 e. The Labute approximate surface area is 156 Å². The van der Waals surface area contributed by atoms with Crippen LogP contribution in [0.1, 0.15) is 31.0 Å². The Kier molecular flexibility index (Phi) is 5.90. The van der Waals surface area contributed by atoms with Gasteiger partial charge in [0.05, 0.1) is 17.6 Å². The van der Waals surface area contributed by atoms with Crippen LogP contribution in [0.15, 0.2) is 71.9 Å². The van der Waals surface area contributed by atoms with E-state index >= 15 is 0 Å². The number of rotatable bonds is 7. The Morgan fingerprint density at radius 2 is 1.69 bits per heavy atom. The standard InChI is InChI=1S/C23H27N3/c1-4-5-7-19-9-11-20(12-10-19)24-18-23-8-6-17-26(23)22-15-13-21(14-16-22)25(2)3/h6,8-18H,4-5,7H2,1-3H3.